The highest BCUT2D eigenvalue weighted by atomic mass is 16.6. The molecule has 0 saturated heterocycles. The van der Waals surface area contributed by atoms with E-state index in [4.69, 9.17) is 19.5 Å². The first-order chi connectivity index (χ1) is 12.0. The number of rotatable bonds is 6. The molecule has 1 unspecified atom stereocenters. The van der Waals surface area contributed by atoms with Gasteiger partial charge in [-0.2, -0.15) is 0 Å². The summed E-state index contributed by atoms with van der Waals surface area (Å²) in [5.74, 6) is -1.35. The van der Waals surface area contributed by atoms with Crippen LogP contribution in [0.1, 0.15) is 11.3 Å². The summed E-state index contributed by atoms with van der Waals surface area (Å²) in [5.41, 5.74) is 1.57. The topological polar surface area (TPSA) is 138 Å². The number of amides is 2. The molecular formula is C16H16N2O7. The van der Waals surface area contributed by atoms with Gasteiger partial charge in [0.15, 0.2) is 12.4 Å². The van der Waals surface area contributed by atoms with Crippen molar-refractivity contribution in [3.05, 3.63) is 64.2 Å². The zero-order chi connectivity index (χ0) is 18.2. The van der Waals surface area contributed by atoms with E-state index in [-0.39, 0.29) is 18.8 Å². The number of alkyl carbamates (subject to hydrolysis) is 1. The molecule has 9 nitrogen and oxygen atoms in total. The second-order valence-corrected chi connectivity index (χ2v) is 5.03. The molecule has 132 valence electrons. The van der Waals surface area contributed by atoms with Crippen LogP contribution in [0.25, 0.3) is 0 Å². The molecule has 1 atom stereocenters. The molecule has 0 radical (unpaired) electrons. The summed E-state index contributed by atoms with van der Waals surface area (Å²) in [7, 11) is 0. The van der Waals surface area contributed by atoms with E-state index in [0.29, 0.717) is 0 Å². The fourth-order valence-electron chi connectivity index (χ4n) is 1.98. The number of carbonyl (C=O) groups is 2. The Morgan fingerprint density at radius 2 is 1.96 bits per heavy atom. The Morgan fingerprint density at radius 3 is 2.60 bits per heavy atom. The SMILES string of the molecule is O=C(NC(Cc1ccccc1)C(=O)NO)OCc1cc(=O)c(O)co1. The Kier molecular flexibility index (Phi) is 6.13. The molecule has 1 heterocycles. The number of hydrogen-bond acceptors (Lipinski definition) is 7. The maximum absolute atomic E-state index is 11.8. The zero-order valence-corrected chi connectivity index (χ0v) is 13.0. The van der Waals surface area contributed by atoms with E-state index in [0.717, 1.165) is 17.9 Å². The van der Waals surface area contributed by atoms with Gasteiger partial charge in [-0.15, -0.1) is 0 Å². The number of hydroxylamine groups is 1. The molecular weight excluding hydrogens is 332 g/mol. The third-order valence-corrected chi connectivity index (χ3v) is 3.21. The van der Waals surface area contributed by atoms with Crippen LogP contribution in [0.4, 0.5) is 4.79 Å². The summed E-state index contributed by atoms with van der Waals surface area (Å²) in [5, 5.41) is 20.2. The van der Waals surface area contributed by atoms with Crippen LogP contribution in [0.2, 0.25) is 0 Å². The molecule has 0 aliphatic rings. The predicted octanol–water partition coefficient (Wildman–Crippen LogP) is 0.688. The first-order valence-corrected chi connectivity index (χ1v) is 7.21. The van der Waals surface area contributed by atoms with Gasteiger partial charge in [-0.25, -0.2) is 10.3 Å². The second-order valence-electron chi connectivity index (χ2n) is 5.03. The van der Waals surface area contributed by atoms with Gasteiger partial charge in [0.2, 0.25) is 5.43 Å². The average molecular weight is 348 g/mol. The van der Waals surface area contributed by atoms with Crippen molar-refractivity contribution in [3.8, 4) is 5.75 Å². The Bertz CT molecular complexity index is 789. The minimum atomic E-state index is -1.06. The molecule has 25 heavy (non-hydrogen) atoms. The van der Waals surface area contributed by atoms with Gasteiger partial charge in [0, 0.05) is 12.5 Å². The molecule has 0 saturated carbocycles. The summed E-state index contributed by atoms with van der Waals surface area (Å²) in [6, 6.07) is 8.78. The minimum Gasteiger partial charge on any atom is -0.502 e. The lowest BCUT2D eigenvalue weighted by Crippen LogP contribution is -2.47. The Labute approximate surface area is 141 Å². The quantitative estimate of drug-likeness (QED) is 0.445. The van der Waals surface area contributed by atoms with Crippen LogP contribution in [0, 0.1) is 0 Å². The molecule has 0 aliphatic carbocycles. The minimum absolute atomic E-state index is 0.0177. The van der Waals surface area contributed by atoms with Gasteiger partial charge in [-0.3, -0.25) is 14.8 Å². The Hall–Kier alpha value is -3.33. The van der Waals surface area contributed by atoms with Crippen molar-refractivity contribution in [2.45, 2.75) is 19.1 Å². The smallest absolute Gasteiger partial charge is 0.408 e. The largest absolute Gasteiger partial charge is 0.502 e. The van der Waals surface area contributed by atoms with Crippen LogP contribution in [-0.4, -0.2) is 28.4 Å². The fraction of sp³-hybridized carbons (Fsp3) is 0.188. The highest BCUT2D eigenvalue weighted by Gasteiger charge is 2.21. The number of ether oxygens (including phenoxy) is 1. The van der Waals surface area contributed by atoms with Crippen molar-refractivity contribution in [2.75, 3.05) is 0 Å². The molecule has 1 aromatic heterocycles. The number of carbonyl (C=O) groups excluding carboxylic acids is 2. The predicted molar refractivity (Wildman–Crippen MR) is 83.8 cm³/mol. The van der Waals surface area contributed by atoms with Crippen molar-refractivity contribution in [3.63, 3.8) is 0 Å². The highest BCUT2D eigenvalue weighted by molar-refractivity contribution is 5.85. The number of benzene rings is 1. The van der Waals surface area contributed by atoms with E-state index in [9.17, 15) is 14.4 Å². The number of aromatic hydroxyl groups is 1. The van der Waals surface area contributed by atoms with E-state index in [2.05, 4.69) is 5.32 Å². The summed E-state index contributed by atoms with van der Waals surface area (Å²) in [6.07, 6.45) is 0.0210. The summed E-state index contributed by atoms with van der Waals surface area (Å²) < 4.78 is 9.74. The van der Waals surface area contributed by atoms with Crippen LogP contribution < -0.4 is 16.2 Å². The van der Waals surface area contributed by atoms with Gasteiger partial charge < -0.3 is 19.6 Å². The van der Waals surface area contributed by atoms with Crippen molar-refractivity contribution in [1.29, 1.82) is 0 Å². The first kappa shape index (κ1) is 18.0. The van der Waals surface area contributed by atoms with Gasteiger partial charge in [0.1, 0.15) is 18.1 Å². The number of nitrogens with one attached hydrogen (secondary N) is 2. The summed E-state index contributed by atoms with van der Waals surface area (Å²) in [6.45, 7) is -0.375. The van der Waals surface area contributed by atoms with Gasteiger partial charge in [0.05, 0.1) is 0 Å². The lowest BCUT2D eigenvalue weighted by Gasteiger charge is -2.16. The molecule has 0 spiro atoms. The molecule has 0 bridgehead atoms. The first-order valence-electron chi connectivity index (χ1n) is 7.21. The normalized spacial score (nSPS) is 11.4. The van der Waals surface area contributed by atoms with Crippen LogP contribution >= 0.6 is 0 Å². The lowest BCUT2D eigenvalue weighted by atomic mass is 10.1. The molecule has 2 amide bonds. The molecule has 9 heteroatoms. The van der Waals surface area contributed by atoms with Crippen LogP contribution in [0.15, 0.2) is 51.9 Å². The lowest BCUT2D eigenvalue weighted by molar-refractivity contribution is -0.131. The van der Waals surface area contributed by atoms with Crippen LogP contribution in [-0.2, 0) is 22.6 Å². The zero-order valence-electron chi connectivity index (χ0n) is 13.0. The monoisotopic (exact) mass is 348 g/mol. The molecule has 4 N–H and O–H groups in total. The average Bonchev–Trinajstić information content (AvgIpc) is 2.62. The summed E-state index contributed by atoms with van der Waals surface area (Å²) >= 11 is 0. The molecule has 0 fully saturated rings. The third-order valence-electron chi connectivity index (χ3n) is 3.21. The maximum atomic E-state index is 11.8. The Morgan fingerprint density at radius 1 is 1.24 bits per heavy atom. The van der Waals surface area contributed by atoms with Gasteiger partial charge in [0.25, 0.3) is 5.91 Å². The van der Waals surface area contributed by atoms with Gasteiger partial charge >= 0.3 is 6.09 Å². The number of hydrogen-bond donors (Lipinski definition) is 4. The van der Waals surface area contributed by atoms with E-state index in [1.807, 2.05) is 0 Å². The highest BCUT2D eigenvalue weighted by Crippen LogP contribution is 2.06. The molecule has 2 aromatic rings. The van der Waals surface area contributed by atoms with Crippen LogP contribution in [0.3, 0.4) is 0 Å². The van der Waals surface area contributed by atoms with Crippen molar-refractivity contribution in [2.24, 2.45) is 0 Å². The van der Waals surface area contributed by atoms with E-state index < -0.39 is 29.2 Å². The van der Waals surface area contributed by atoms with Crippen molar-refractivity contribution in [1.82, 2.24) is 10.8 Å². The second kappa shape index (κ2) is 8.50. The standard InChI is InChI=1S/C16H16N2O7/c19-13-7-11(24-9-14(13)20)8-25-16(22)17-12(15(21)18-23)6-10-4-2-1-3-5-10/h1-5,7,9,12,20,23H,6,8H2,(H,17,22)(H,18,21). The fourth-order valence-corrected chi connectivity index (χ4v) is 1.98. The maximum Gasteiger partial charge on any atom is 0.408 e. The van der Waals surface area contributed by atoms with Crippen LogP contribution in [0.5, 0.6) is 5.75 Å². The third kappa shape index (κ3) is 5.36. The van der Waals surface area contributed by atoms with E-state index in [1.54, 1.807) is 30.3 Å². The van der Waals surface area contributed by atoms with Gasteiger partial charge in [-0.1, -0.05) is 30.3 Å². The van der Waals surface area contributed by atoms with E-state index in [1.165, 1.54) is 5.48 Å². The van der Waals surface area contributed by atoms with Crippen molar-refractivity contribution >= 4 is 12.0 Å². The van der Waals surface area contributed by atoms with Crippen molar-refractivity contribution < 1.29 is 29.1 Å². The van der Waals surface area contributed by atoms with E-state index >= 15 is 0 Å². The molecule has 1 aromatic carbocycles. The summed E-state index contributed by atoms with van der Waals surface area (Å²) in [4.78, 5) is 34.8. The molecule has 2 rings (SSSR count). The Balaban J connectivity index is 1.95. The molecule has 0 aliphatic heterocycles. The van der Waals surface area contributed by atoms with Gasteiger partial charge in [-0.05, 0) is 5.56 Å².